The standard InChI is InChI=1S/C14H13BrN2O4/c1-9(8-10-4-3-7-21-10)16-14(18)11-5-2-6-12(13(11)15)17(19)20/h2-7,9H,8H2,1H3,(H,16,18). The lowest BCUT2D eigenvalue weighted by molar-refractivity contribution is -0.385. The van der Waals surface area contributed by atoms with Crippen molar-refractivity contribution in [2.45, 2.75) is 19.4 Å². The number of hydrogen-bond donors (Lipinski definition) is 1. The molecule has 0 saturated heterocycles. The van der Waals surface area contributed by atoms with E-state index in [-0.39, 0.29) is 27.7 Å². The van der Waals surface area contributed by atoms with Gasteiger partial charge < -0.3 is 9.73 Å². The van der Waals surface area contributed by atoms with Gasteiger partial charge in [0.25, 0.3) is 11.6 Å². The lowest BCUT2D eigenvalue weighted by Gasteiger charge is -2.13. The van der Waals surface area contributed by atoms with Gasteiger partial charge in [0.1, 0.15) is 10.2 Å². The number of nitro groups is 1. The Morgan fingerprint density at radius 3 is 2.81 bits per heavy atom. The van der Waals surface area contributed by atoms with Crippen molar-refractivity contribution < 1.29 is 14.1 Å². The first-order valence-electron chi connectivity index (χ1n) is 6.25. The van der Waals surface area contributed by atoms with E-state index in [2.05, 4.69) is 21.2 Å². The summed E-state index contributed by atoms with van der Waals surface area (Å²) in [5.74, 6) is 0.394. The van der Waals surface area contributed by atoms with Crippen LogP contribution in [0.15, 0.2) is 45.5 Å². The highest BCUT2D eigenvalue weighted by atomic mass is 79.9. The summed E-state index contributed by atoms with van der Waals surface area (Å²) in [6.45, 7) is 1.84. The number of hydrogen-bond acceptors (Lipinski definition) is 4. The van der Waals surface area contributed by atoms with Crippen LogP contribution in [0, 0.1) is 10.1 Å². The minimum absolute atomic E-state index is 0.138. The maximum atomic E-state index is 12.2. The van der Waals surface area contributed by atoms with Gasteiger partial charge in [0.05, 0.1) is 16.7 Å². The Balaban J connectivity index is 2.10. The van der Waals surface area contributed by atoms with E-state index in [9.17, 15) is 14.9 Å². The number of carbonyl (C=O) groups is 1. The summed E-state index contributed by atoms with van der Waals surface area (Å²) < 4.78 is 5.39. The molecule has 0 radical (unpaired) electrons. The van der Waals surface area contributed by atoms with Crippen LogP contribution in [-0.4, -0.2) is 16.9 Å². The normalized spacial score (nSPS) is 11.9. The Hall–Kier alpha value is -2.15. The highest BCUT2D eigenvalue weighted by Gasteiger charge is 2.20. The Bertz CT molecular complexity index is 655. The van der Waals surface area contributed by atoms with E-state index in [0.717, 1.165) is 5.76 Å². The molecule has 1 atom stereocenters. The zero-order chi connectivity index (χ0) is 15.4. The summed E-state index contributed by atoms with van der Waals surface area (Å²) in [6.07, 6.45) is 2.12. The predicted octanol–water partition coefficient (Wildman–Crippen LogP) is 3.31. The third kappa shape index (κ3) is 3.69. The molecule has 1 amide bonds. The number of rotatable bonds is 5. The van der Waals surface area contributed by atoms with Gasteiger partial charge in [0, 0.05) is 18.5 Å². The summed E-state index contributed by atoms with van der Waals surface area (Å²) in [4.78, 5) is 22.5. The van der Waals surface area contributed by atoms with E-state index in [4.69, 9.17) is 4.42 Å². The third-order valence-electron chi connectivity index (χ3n) is 2.88. The van der Waals surface area contributed by atoms with Gasteiger partial charge in [0.2, 0.25) is 0 Å². The lowest BCUT2D eigenvalue weighted by Crippen LogP contribution is -2.34. The van der Waals surface area contributed by atoms with Gasteiger partial charge in [-0.2, -0.15) is 0 Å². The van der Waals surface area contributed by atoms with Crippen LogP contribution in [0.4, 0.5) is 5.69 Å². The Labute approximate surface area is 129 Å². The molecule has 0 bridgehead atoms. The Kier molecular flexibility index (Phi) is 4.74. The van der Waals surface area contributed by atoms with E-state index in [1.54, 1.807) is 12.3 Å². The number of nitrogens with one attached hydrogen (secondary N) is 1. The minimum Gasteiger partial charge on any atom is -0.469 e. The molecule has 0 aliphatic rings. The highest BCUT2D eigenvalue weighted by molar-refractivity contribution is 9.10. The van der Waals surface area contributed by atoms with Crippen LogP contribution < -0.4 is 5.32 Å². The molecule has 1 aromatic heterocycles. The molecular weight excluding hydrogens is 340 g/mol. The first-order chi connectivity index (χ1) is 9.99. The molecule has 1 heterocycles. The van der Waals surface area contributed by atoms with E-state index in [1.165, 1.54) is 18.2 Å². The number of halogens is 1. The van der Waals surface area contributed by atoms with Crippen molar-refractivity contribution in [3.05, 3.63) is 62.5 Å². The van der Waals surface area contributed by atoms with Gasteiger partial charge in [-0.3, -0.25) is 14.9 Å². The van der Waals surface area contributed by atoms with Gasteiger partial charge in [-0.1, -0.05) is 6.07 Å². The molecule has 0 saturated carbocycles. The molecular formula is C14H13BrN2O4. The minimum atomic E-state index is -0.535. The van der Waals surface area contributed by atoms with Crippen molar-refractivity contribution in [1.29, 1.82) is 0 Å². The van der Waals surface area contributed by atoms with Crippen LogP contribution in [-0.2, 0) is 6.42 Å². The van der Waals surface area contributed by atoms with Gasteiger partial charge in [0.15, 0.2) is 0 Å². The molecule has 1 N–H and O–H groups in total. The molecule has 0 aliphatic carbocycles. The fourth-order valence-electron chi connectivity index (χ4n) is 1.92. The quantitative estimate of drug-likeness (QED) is 0.660. The monoisotopic (exact) mass is 352 g/mol. The van der Waals surface area contributed by atoms with Gasteiger partial charge >= 0.3 is 0 Å². The molecule has 1 unspecified atom stereocenters. The molecule has 2 aromatic rings. The second-order valence-electron chi connectivity index (χ2n) is 4.55. The van der Waals surface area contributed by atoms with Crippen LogP contribution in [0.25, 0.3) is 0 Å². The molecule has 0 spiro atoms. The molecule has 0 fully saturated rings. The van der Waals surface area contributed by atoms with Crippen molar-refractivity contribution >= 4 is 27.5 Å². The van der Waals surface area contributed by atoms with Crippen molar-refractivity contribution in [2.75, 3.05) is 0 Å². The zero-order valence-electron chi connectivity index (χ0n) is 11.2. The number of benzene rings is 1. The van der Waals surface area contributed by atoms with E-state index in [1.807, 2.05) is 13.0 Å². The van der Waals surface area contributed by atoms with Crippen molar-refractivity contribution in [3.8, 4) is 0 Å². The van der Waals surface area contributed by atoms with E-state index >= 15 is 0 Å². The number of amides is 1. The Morgan fingerprint density at radius 2 is 2.19 bits per heavy atom. The third-order valence-corrected chi connectivity index (χ3v) is 3.72. The molecule has 21 heavy (non-hydrogen) atoms. The summed E-state index contributed by atoms with van der Waals surface area (Å²) in [7, 11) is 0. The van der Waals surface area contributed by atoms with E-state index < -0.39 is 4.92 Å². The summed E-state index contributed by atoms with van der Waals surface area (Å²) in [5.41, 5.74) is 0.0943. The lowest BCUT2D eigenvalue weighted by atomic mass is 10.1. The average Bonchev–Trinajstić information content (AvgIpc) is 2.91. The zero-order valence-corrected chi connectivity index (χ0v) is 12.8. The topological polar surface area (TPSA) is 85.4 Å². The van der Waals surface area contributed by atoms with Crippen LogP contribution in [0.3, 0.4) is 0 Å². The summed E-state index contributed by atoms with van der Waals surface area (Å²) in [6, 6.07) is 7.80. The fraction of sp³-hybridized carbons (Fsp3) is 0.214. The van der Waals surface area contributed by atoms with Crippen molar-refractivity contribution in [2.24, 2.45) is 0 Å². The number of nitrogens with zero attached hydrogens (tertiary/aromatic N) is 1. The van der Waals surface area contributed by atoms with Gasteiger partial charge in [-0.05, 0) is 41.1 Å². The smallest absolute Gasteiger partial charge is 0.284 e. The second-order valence-corrected chi connectivity index (χ2v) is 5.35. The SMILES string of the molecule is CC(Cc1ccco1)NC(=O)c1cccc([N+](=O)[O-])c1Br. The number of carbonyl (C=O) groups excluding carboxylic acids is 1. The van der Waals surface area contributed by atoms with Crippen LogP contribution in [0.2, 0.25) is 0 Å². The second kappa shape index (κ2) is 6.53. The Morgan fingerprint density at radius 1 is 1.43 bits per heavy atom. The number of nitro benzene ring substituents is 1. The maximum absolute atomic E-state index is 12.2. The fourth-order valence-corrected chi connectivity index (χ4v) is 2.51. The predicted molar refractivity (Wildman–Crippen MR) is 80.1 cm³/mol. The van der Waals surface area contributed by atoms with Gasteiger partial charge in [-0.15, -0.1) is 0 Å². The summed E-state index contributed by atoms with van der Waals surface area (Å²) in [5, 5.41) is 13.7. The van der Waals surface area contributed by atoms with E-state index in [0.29, 0.717) is 6.42 Å². The first-order valence-corrected chi connectivity index (χ1v) is 7.04. The largest absolute Gasteiger partial charge is 0.469 e. The van der Waals surface area contributed by atoms with Crippen molar-refractivity contribution in [3.63, 3.8) is 0 Å². The summed E-state index contributed by atoms with van der Waals surface area (Å²) >= 11 is 3.11. The van der Waals surface area contributed by atoms with Crippen LogP contribution >= 0.6 is 15.9 Å². The van der Waals surface area contributed by atoms with Crippen LogP contribution in [0.5, 0.6) is 0 Å². The first kappa shape index (κ1) is 15.2. The molecule has 1 aromatic carbocycles. The molecule has 110 valence electrons. The molecule has 0 aliphatic heterocycles. The molecule has 6 nitrogen and oxygen atoms in total. The average molecular weight is 353 g/mol. The van der Waals surface area contributed by atoms with Gasteiger partial charge in [-0.25, -0.2) is 0 Å². The molecule has 7 heteroatoms. The van der Waals surface area contributed by atoms with Crippen LogP contribution in [0.1, 0.15) is 23.0 Å². The number of furan rings is 1. The highest BCUT2D eigenvalue weighted by Crippen LogP contribution is 2.28. The van der Waals surface area contributed by atoms with Crippen molar-refractivity contribution in [1.82, 2.24) is 5.32 Å². The maximum Gasteiger partial charge on any atom is 0.284 e. The molecule has 2 rings (SSSR count).